The third-order valence-corrected chi connectivity index (χ3v) is 4.71. The van der Waals surface area contributed by atoms with Gasteiger partial charge in [0.25, 0.3) is 0 Å². The highest BCUT2D eigenvalue weighted by atomic mass is 16.5. The van der Waals surface area contributed by atoms with Crippen molar-refractivity contribution in [1.29, 1.82) is 0 Å². The minimum atomic E-state index is -0.259. The van der Waals surface area contributed by atoms with E-state index in [1.807, 2.05) is 36.4 Å². The quantitative estimate of drug-likeness (QED) is 0.584. The highest BCUT2D eigenvalue weighted by Crippen LogP contribution is 2.33. The van der Waals surface area contributed by atoms with E-state index in [0.29, 0.717) is 11.9 Å². The summed E-state index contributed by atoms with van der Waals surface area (Å²) < 4.78 is 7.39. The fourth-order valence-electron chi connectivity index (χ4n) is 3.47. The molecule has 6 nitrogen and oxygen atoms in total. The molecule has 1 aliphatic rings. The molecule has 0 radical (unpaired) electrons. The van der Waals surface area contributed by atoms with Crippen LogP contribution in [0.5, 0.6) is 5.75 Å². The van der Waals surface area contributed by atoms with Gasteiger partial charge in [-0.3, -0.25) is 9.88 Å². The maximum atomic E-state index is 6.02. The second kappa shape index (κ2) is 5.49. The van der Waals surface area contributed by atoms with Crippen LogP contribution in [0, 0.1) is 0 Å². The molecule has 0 saturated heterocycles. The van der Waals surface area contributed by atoms with Crippen molar-refractivity contribution in [3.05, 3.63) is 66.2 Å². The van der Waals surface area contributed by atoms with Crippen LogP contribution in [0.3, 0.4) is 0 Å². The van der Waals surface area contributed by atoms with Gasteiger partial charge in [0.05, 0.1) is 18.1 Å². The van der Waals surface area contributed by atoms with Crippen LogP contribution in [0.4, 0.5) is 5.95 Å². The molecular weight excluding hydrogens is 326 g/mol. The van der Waals surface area contributed by atoms with Crippen molar-refractivity contribution in [3.8, 4) is 5.75 Å². The molecule has 128 valence electrons. The molecule has 0 aliphatic carbocycles. The van der Waals surface area contributed by atoms with Gasteiger partial charge in [0.15, 0.2) is 12.1 Å². The van der Waals surface area contributed by atoms with Crippen LogP contribution < -0.4 is 15.8 Å². The first-order valence-electron chi connectivity index (χ1n) is 8.38. The van der Waals surface area contributed by atoms with Gasteiger partial charge >= 0.3 is 0 Å². The van der Waals surface area contributed by atoms with E-state index in [-0.39, 0.29) is 6.17 Å². The molecule has 26 heavy (non-hydrogen) atoms. The zero-order valence-electron chi connectivity index (χ0n) is 14.2. The van der Waals surface area contributed by atoms with E-state index in [0.717, 1.165) is 33.1 Å². The molecule has 0 fully saturated rings. The molecule has 3 N–H and O–H groups in total. The fraction of sp³-hybridized carbons (Fsp3) is 0.100. The number of hydrogen-bond acceptors (Lipinski definition) is 5. The average Bonchev–Trinajstić information content (AvgIpc) is 3.04. The fourth-order valence-corrected chi connectivity index (χ4v) is 3.47. The van der Waals surface area contributed by atoms with E-state index in [2.05, 4.69) is 44.1 Å². The topological polar surface area (TPSA) is 77.5 Å². The number of guanidine groups is 1. The number of ether oxygens (including phenoxy) is 1. The Labute approximate surface area is 149 Å². The molecule has 0 bridgehead atoms. The minimum absolute atomic E-state index is 0.259. The lowest BCUT2D eigenvalue weighted by Gasteiger charge is -2.24. The van der Waals surface area contributed by atoms with Crippen molar-refractivity contribution in [1.82, 2.24) is 9.55 Å². The second-order valence-corrected chi connectivity index (χ2v) is 6.28. The summed E-state index contributed by atoms with van der Waals surface area (Å²) in [6, 6.07) is 20.4. The highest BCUT2D eigenvalue weighted by Gasteiger charge is 2.25. The van der Waals surface area contributed by atoms with Gasteiger partial charge in [0.2, 0.25) is 5.95 Å². The van der Waals surface area contributed by atoms with E-state index in [1.54, 1.807) is 7.11 Å². The van der Waals surface area contributed by atoms with Gasteiger partial charge in [-0.05, 0) is 46.7 Å². The number of aliphatic imine (C=N–C) groups is 1. The van der Waals surface area contributed by atoms with Crippen LogP contribution in [0.1, 0.15) is 11.7 Å². The van der Waals surface area contributed by atoms with E-state index >= 15 is 0 Å². The Hall–Kier alpha value is -3.54. The van der Waals surface area contributed by atoms with E-state index in [4.69, 9.17) is 10.5 Å². The first-order valence-corrected chi connectivity index (χ1v) is 8.38. The van der Waals surface area contributed by atoms with Gasteiger partial charge < -0.3 is 10.5 Å². The van der Waals surface area contributed by atoms with Crippen molar-refractivity contribution in [2.24, 2.45) is 10.7 Å². The van der Waals surface area contributed by atoms with Gasteiger partial charge in [-0.15, -0.1) is 0 Å². The molecule has 0 amide bonds. The molecule has 1 atom stereocenters. The Bertz CT molecular complexity index is 1180. The standard InChI is InChI=1S/C20H17N5O/c1-26-15-9-8-12-10-14(7-6-13(12)11-15)18-23-19(21)24-20-22-16-4-2-3-5-17(16)25(18)20/h2-11,18H,1H3,(H3,21,22,23,24). The first-order chi connectivity index (χ1) is 12.7. The third-order valence-electron chi connectivity index (χ3n) is 4.71. The molecule has 1 unspecified atom stereocenters. The zero-order valence-corrected chi connectivity index (χ0v) is 14.2. The van der Waals surface area contributed by atoms with Crippen LogP contribution in [0.2, 0.25) is 0 Å². The number of nitrogens with zero attached hydrogens (tertiary/aromatic N) is 3. The zero-order chi connectivity index (χ0) is 17.7. The Kier molecular flexibility index (Phi) is 3.12. The number of benzene rings is 3. The van der Waals surface area contributed by atoms with Crippen LogP contribution in [0.15, 0.2) is 65.7 Å². The maximum absolute atomic E-state index is 6.02. The molecule has 1 aromatic heterocycles. The van der Waals surface area contributed by atoms with E-state index in [1.165, 1.54) is 0 Å². The smallest absolute Gasteiger partial charge is 0.212 e. The number of imidazole rings is 1. The SMILES string of the molecule is COc1ccc2cc(C3N=C(N)Nc4nc5ccccc5n43)ccc2c1. The minimum Gasteiger partial charge on any atom is -0.497 e. The lowest BCUT2D eigenvalue weighted by atomic mass is 10.0. The lowest BCUT2D eigenvalue weighted by Crippen LogP contribution is -2.31. The predicted octanol–water partition coefficient (Wildman–Crippen LogP) is 3.49. The number of fused-ring (bicyclic) bond motifs is 4. The monoisotopic (exact) mass is 343 g/mol. The Morgan fingerprint density at radius 3 is 2.73 bits per heavy atom. The summed E-state index contributed by atoms with van der Waals surface area (Å²) in [5.74, 6) is 1.92. The first kappa shape index (κ1) is 14.8. The number of methoxy groups -OCH3 is 1. The van der Waals surface area contributed by atoms with Crippen molar-refractivity contribution in [2.75, 3.05) is 12.4 Å². The number of nitrogens with two attached hydrogens (primary N) is 1. The molecule has 0 spiro atoms. The number of para-hydroxylation sites is 2. The summed E-state index contributed by atoms with van der Waals surface area (Å²) in [4.78, 5) is 9.28. The van der Waals surface area contributed by atoms with Crippen molar-refractivity contribution < 1.29 is 4.74 Å². The highest BCUT2D eigenvalue weighted by molar-refractivity contribution is 5.95. The molecule has 3 aromatic carbocycles. The molecule has 1 aliphatic heterocycles. The van der Waals surface area contributed by atoms with E-state index < -0.39 is 0 Å². The predicted molar refractivity (Wildman–Crippen MR) is 104 cm³/mol. The lowest BCUT2D eigenvalue weighted by molar-refractivity contribution is 0.415. The normalized spacial score (nSPS) is 16.2. The van der Waals surface area contributed by atoms with Gasteiger partial charge in [0, 0.05) is 0 Å². The Morgan fingerprint density at radius 1 is 1.04 bits per heavy atom. The summed E-state index contributed by atoms with van der Waals surface area (Å²) in [5.41, 5.74) is 9.00. The largest absolute Gasteiger partial charge is 0.497 e. The summed E-state index contributed by atoms with van der Waals surface area (Å²) in [6.07, 6.45) is -0.259. The maximum Gasteiger partial charge on any atom is 0.212 e. The van der Waals surface area contributed by atoms with Crippen LogP contribution in [0.25, 0.3) is 21.8 Å². The number of hydrogen-bond donors (Lipinski definition) is 2. The molecule has 4 aromatic rings. The van der Waals surface area contributed by atoms with E-state index in [9.17, 15) is 0 Å². The summed E-state index contributed by atoms with van der Waals surface area (Å²) >= 11 is 0. The molecule has 2 heterocycles. The van der Waals surface area contributed by atoms with Crippen molar-refractivity contribution in [2.45, 2.75) is 6.17 Å². The average molecular weight is 343 g/mol. The number of nitrogens with one attached hydrogen (secondary N) is 1. The van der Waals surface area contributed by atoms with Gasteiger partial charge in [0.1, 0.15) is 5.75 Å². The van der Waals surface area contributed by atoms with Crippen molar-refractivity contribution >= 4 is 33.7 Å². The van der Waals surface area contributed by atoms with Gasteiger partial charge in [-0.2, -0.15) is 0 Å². The van der Waals surface area contributed by atoms with Crippen LogP contribution in [-0.4, -0.2) is 22.6 Å². The molecule has 0 saturated carbocycles. The van der Waals surface area contributed by atoms with Crippen LogP contribution >= 0.6 is 0 Å². The second-order valence-electron chi connectivity index (χ2n) is 6.28. The van der Waals surface area contributed by atoms with Gasteiger partial charge in [-0.25, -0.2) is 9.98 Å². The Balaban J connectivity index is 1.70. The summed E-state index contributed by atoms with van der Waals surface area (Å²) in [6.45, 7) is 0. The summed E-state index contributed by atoms with van der Waals surface area (Å²) in [7, 11) is 1.67. The van der Waals surface area contributed by atoms with Crippen LogP contribution in [-0.2, 0) is 0 Å². The van der Waals surface area contributed by atoms with Crippen molar-refractivity contribution in [3.63, 3.8) is 0 Å². The molecular formula is C20H17N5O. The summed E-state index contributed by atoms with van der Waals surface area (Å²) in [5, 5.41) is 5.31. The number of rotatable bonds is 2. The number of anilines is 1. The van der Waals surface area contributed by atoms with Gasteiger partial charge in [-0.1, -0.05) is 30.3 Å². The molecule has 5 rings (SSSR count). The Morgan fingerprint density at radius 2 is 1.85 bits per heavy atom. The number of aromatic nitrogens is 2. The third kappa shape index (κ3) is 2.19. The molecule has 6 heteroatoms.